The summed E-state index contributed by atoms with van der Waals surface area (Å²) < 4.78 is 27.8. The van der Waals surface area contributed by atoms with Crippen molar-refractivity contribution in [1.82, 2.24) is 4.98 Å². The monoisotopic (exact) mass is 445 g/mol. The van der Waals surface area contributed by atoms with Crippen LogP contribution in [-0.4, -0.2) is 38.6 Å². The van der Waals surface area contributed by atoms with Gasteiger partial charge < -0.3 is 15.4 Å². The first kappa shape index (κ1) is 21.5. The molecule has 0 spiro atoms. The molecule has 0 fully saturated rings. The summed E-state index contributed by atoms with van der Waals surface area (Å²) in [5, 5.41) is 8.10. The van der Waals surface area contributed by atoms with Crippen molar-refractivity contribution >= 4 is 49.6 Å². The molecule has 0 saturated heterocycles. The summed E-state index contributed by atoms with van der Waals surface area (Å²) in [7, 11) is -1.97. The molecule has 156 valence electrons. The summed E-state index contributed by atoms with van der Waals surface area (Å²) >= 11 is 1.32. The Morgan fingerprint density at radius 3 is 2.47 bits per heavy atom. The molecular weight excluding hydrogens is 426 g/mol. The van der Waals surface area contributed by atoms with E-state index in [4.69, 9.17) is 4.74 Å². The normalized spacial score (nSPS) is 11.0. The van der Waals surface area contributed by atoms with Crippen LogP contribution in [0.1, 0.15) is 16.1 Å². The van der Waals surface area contributed by atoms with Crippen molar-refractivity contribution in [3.05, 3.63) is 65.2 Å². The highest BCUT2D eigenvalue weighted by Crippen LogP contribution is 2.23. The van der Waals surface area contributed by atoms with Crippen LogP contribution in [0.5, 0.6) is 0 Å². The summed E-state index contributed by atoms with van der Waals surface area (Å²) in [5.74, 6) is -0.853. The van der Waals surface area contributed by atoms with Gasteiger partial charge in [0.05, 0.1) is 35.4 Å². The number of nitrogens with zero attached hydrogens (tertiary/aromatic N) is 1. The molecule has 10 heteroatoms. The van der Waals surface area contributed by atoms with Gasteiger partial charge in [0, 0.05) is 17.3 Å². The molecule has 0 aliphatic rings. The number of para-hydroxylation sites is 1. The number of nitrogens with one attached hydrogen (secondary N) is 2. The number of carbonyl (C=O) groups is 2. The summed E-state index contributed by atoms with van der Waals surface area (Å²) in [6.07, 6.45) is 1.18. The first-order valence-electron chi connectivity index (χ1n) is 8.75. The molecule has 0 aliphatic heterocycles. The maximum Gasteiger partial charge on any atom is 0.339 e. The molecule has 2 aromatic carbocycles. The minimum Gasteiger partial charge on any atom is -0.465 e. The van der Waals surface area contributed by atoms with Crippen molar-refractivity contribution in [2.75, 3.05) is 24.0 Å². The highest BCUT2D eigenvalue weighted by Gasteiger charge is 2.14. The standard InChI is InChI=1S/C20H19N3O5S2/c1-28-19(25)16-5-3-4-6-17(16)23-18(24)11-14-12-29-20(22-14)21-13-7-9-15(10-8-13)30(2,26)27/h3-10,12H,11H2,1-2H3,(H,21,22)(H,23,24). The lowest BCUT2D eigenvalue weighted by atomic mass is 10.1. The van der Waals surface area contributed by atoms with Gasteiger partial charge in [0.1, 0.15) is 0 Å². The van der Waals surface area contributed by atoms with E-state index in [9.17, 15) is 18.0 Å². The molecular formula is C20H19N3O5S2. The van der Waals surface area contributed by atoms with Crippen LogP contribution in [0.25, 0.3) is 0 Å². The average Bonchev–Trinajstić information content (AvgIpc) is 3.14. The van der Waals surface area contributed by atoms with Crippen LogP contribution in [0.2, 0.25) is 0 Å². The second-order valence-electron chi connectivity index (χ2n) is 6.33. The Morgan fingerprint density at radius 1 is 1.10 bits per heavy atom. The molecule has 0 unspecified atom stereocenters. The van der Waals surface area contributed by atoms with Crippen LogP contribution in [0.15, 0.2) is 58.8 Å². The van der Waals surface area contributed by atoms with Gasteiger partial charge in [-0.3, -0.25) is 4.79 Å². The number of methoxy groups -OCH3 is 1. The summed E-state index contributed by atoms with van der Waals surface area (Å²) in [4.78, 5) is 28.8. The number of hydrogen-bond donors (Lipinski definition) is 2. The van der Waals surface area contributed by atoms with Gasteiger partial charge in [0.2, 0.25) is 5.91 Å². The number of esters is 1. The van der Waals surface area contributed by atoms with Crippen LogP contribution in [0.4, 0.5) is 16.5 Å². The fourth-order valence-electron chi connectivity index (χ4n) is 2.59. The number of thiazole rings is 1. The van der Waals surface area contributed by atoms with Gasteiger partial charge in [-0.1, -0.05) is 12.1 Å². The zero-order chi connectivity index (χ0) is 21.7. The first-order chi connectivity index (χ1) is 14.3. The minimum absolute atomic E-state index is 0.0285. The molecule has 8 nitrogen and oxygen atoms in total. The van der Waals surface area contributed by atoms with Gasteiger partial charge in [0.25, 0.3) is 0 Å². The number of amides is 1. The fourth-order valence-corrected chi connectivity index (χ4v) is 3.95. The third kappa shape index (κ3) is 5.43. The van der Waals surface area contributed by atoms with Gasteiger partial charge in [0.15, 0.2) is 15.0 Å². The molecule has 1 aromatic heterocycles. The molecule has 1 amide bonds. The van der Waals surface area contributed by atoms with Gasteiger partial charge in [-0.25, -0.2) is 18.2 Å². The number of rotatable bonds is 7. The Balaban J connectivity index is 1.63. The third-order valence-corrected chi connectivity index (χ3v) is 5.97. The van der Waals surface area contributed by atoms with Gasteiger partial charge in [-0.05, 0) is 36.4 Å². The van der Waals surface area contributed by atoms with Crippen LogP contribution < -0.4 is 10.6 Å². The van der Waals surface area contributed by atoms with Gasteiger partial charge in [-0.2, -0.15) is 0 Å². The van der Waals surface area contributed by atoms with Crippen molar-refractivity contribution < 1.29 is 22.7 Å². The number of aromatic nitrogens is 1. The summed E-state index contributed by atoms with van der Waals surface area (Å²) in [6, 6.07) is 12.9. The van der Waals surface area contributed by atoms with Gasteiger partial charge >= 0.3 is 5.97 Å². The van der Waals surface area contributed by atoms with E-state index in [1.54, 1.807) is 41.8 Å². The molecule has 0 aliphatic carbocycles. The van der Waals surface area contributed by atoms with E-state index in [2.05, 4.69) is 15.6 Å². The Hall–Kier alpha value is -3.24. The van der Waals surface area contributed by atoms with Crippen LogP contribution in [0.3, 0.4) is 0 Å². The van der Waals surface area contributed by atoms with E-state index in [0.29, 0.717) is 22.2 Å². The maximum atomic E-state index is 12.4. The zero-order valence-corrected chi connectivity index (χ0v) is 17.8. The second kappa shape index (κ2) is 9.06. The number of hydrogen-bond acceptors (Lipinski definition) is 8. The predicted octanol–water partition coefficient (Wildman–Crippen LogP) is 3.26. The molecule has 3 rings (SSSR count). The fraction of sp³-hybridized carbons (Fsp3) is 0.150. The highest BCUT2D eigenvalue weighted by atomic mass is 32.2. The van der Waals surface area contributed by atoms with E-state index < -0.39 is 15.8 Å². The van der Waals surface area contributed by atoms with Crippen molar-refractivity contribution in [2.45, 2.75) is 11.3 Å². The molecule has 0 saturated carbocycles. The lowest BCUT2D eigenvalue weighted by Gasteiger charge is -2.08. The van der Waals surface area contributed by atoms with E-state index in [-0.39, 0.29) is 22.8 Å². The topological polar surface area (TPSA) is 114 Å². The Kier molecular flexibility index (Phi) is 6.48. The minimum atomic E-state index is -3.25. The highest BCUT2D eigenvalue weighted by molar-refractivity contribution is 7.90. The van der Waals surface area contributed by atoms with Crippen molar-refractivity contribution in [1.29, 1.82) is 0 Å². The number of sulfone groups is 1. The molecule has 3 aromatic rings. The lowest BCUT2D eigenvalue weighted by molar-refractivity contribution is -0.115. The molecule has 0 bridgehead atoms. The largest absolute Gasteiger partial charge is 0.465 e. The Labute approximate surface area is 177 Å². The second-order valence-corrected chi connectivity index (χ2v) is 9.20. The molecule has 2 N–H and O–H groups in total. The molecule has 0 atom stereocenters. The first-order valence-corrected chi connectivity index (χ1v) is 11.5. The van der Waals surface area contributed by atoms with E-state index in [1.807, 2.05) is 0 Å². The quantitative estimate of drug-likeness (QED) is 0.537. The molecule has 0 radical (unpaired) electrons. The number of benzene rings is 2. The number of anilines is 3. The third-order valence-electron chi connectivity index (χ3n) is 4.03. The number of carbonyl (C=O) groups excluding carboxylic acids is 2. The van der Waals surface area contributed by atoms with E-state index in [0.717, 1.165) is 6.26 Å². The van der Waals surface area contributed by atoms with Crippen molar-refractivity contribution in [3.8, 4) is 0 Å². The molecule has 30 heavy (non-hydrogen) atoms. The van der Waals surface area contributed by atoms with E-state index >= 15 is 0 Å². The lowest BCUT2D eigenvalue weighted by Crippen LogP contribution is -2.17. The van der Waals surface area contributed by atoms with Crippen LogP contribution >= 0.6 is 11.3 Å². The van der Waals surface area contributed by atoms with Crippen molar-refractivity contribution in [2.24, 2.45) is 0 Å². The zero-order valence-electron chi connectivity index (χ0n) is 16.2. The summed E-state index contributed by atoms with van der Waals surface area (Å²) in [5.41, 5.74) is 1.88. The predicted molar refractivity (Wildman–Crippen MR) is 115 cm³/mol. The summed E-state index contributed by atoms with van der Waals surface area (Å²) in [6.45, 7) is 0. The SMILES string of the molecule is COC(=O)c1ccccc1NC(=O)Cc1csc(Nc2ccc(S(C)(=O)=O)cc2)n1. The Bertz CT molecular complexity index is 1170. The van der Waals surface area contributed by atoms with Crippen LogP contribution in [0, 0.1) is 0 Å². The smallest absolute Gasteiger partial charge is 0.339 e. The maximum absolute atomic E-state index is 12.4. The Morgan fingerprint density at radius 2 is 1.80 bits per heavy atom. The number of ether oxygens (including phenoxy) is 1. The average molecular weight is 446 g/mol. The van der Waals surface area contributed by atoms with Gasteiger partial charge in [-0.15, -0.1) is 11.3 Å². The molecule has 1 heterocycles. The van der Waals surface area contributed by atoms with Crippen LogP contribution in [-0.2, 0) is 25.8 Å². The van der Waals surface area contributed by atoms with Crippen molar-refractivity contribution in [3.63, 3.8) is 0 Å². The van der Waals surface area contributed by atoms with E-state index in [1.165, 1.54) is 30.6 Å².